The maximum atomic E-state index is 12.5. The molecule has 0 aliphatic carbocycles. The predicted molar refractivity (Wildman–Crippen MR) is 73.7 cm³/mol. The van der Waals surface area contributed by atoms with Gasteiger partial charge in [-0.3, -0.25) is 9.89 Å². The summed E-state index contributed by atoms with van der Waals surface area (Å²) in [5.74, 6) is -0.352. The first-order valence-electron chi connectivity index (χ1n) is 6.81. The third-order valence-corrected chi connectivity index (χ3v) is 4.75. The summed E-state index contributed by atoms with van der Waals surface area (Å²) < 4.78 is 23.4. The molecule has 1 aliphatic rings. The van der Waals surface area contributed by atoms with Gasteiger partial charge in [0.25, 0.3) is 5.91 Å². The number of nitrogens with zero attached hydrogens (tertiary/aromatic N) is 2. The van der Waals surface area contributed by atoms with E-state index in [2.05, 4.69) is 10.2 Å². The molecular formula is C12H20N4O3S. The minimum Gasteiger partial charge on any atom is -0.334 e. The van der Waals surface area contributed by atoms with Crippen LogP contribution in [0.2, 0.25) is 0 Å². The highest BCUT2D eigenvalue weighted by Crippen LogP contribution is 2.25. The first kappa shape index (κ1) is 15.0. The molecule has 1 aromatic heterocycles. The molecule has 8 heteroatoms. The van der Waals surface area contributed by atoms with E-state index >= 15 is 0 Å². The zero-order chi connectivity index (χ0) is 14.9. The molecule has 3 N–H and O–H groups in total. The summed E-state index contributed by atoms with van der Waals surface area (Å²) in [5.41, 5.74) is 0.299. The number of sulfonamides is 1. The van der Waals surface area contributed by atoms with Crippen molar-refractivity contribution < 1.29 is 13.2 Å². The van der Waals surface area contributed by atoms with Gasteiger partial charge in [-0.25, -0.2) is 13.6 Å². The van der Waals surface area contributed by atoms with Crippen LogP contribution in [0.5, 0.6) is 0 Å². The van der Waals surface area contributed by atoms with E-state index in [-0.39, 0.29) is 22.5 Å². The zero-order valence-corrected chi connectivity index (χ0v) is 12.5. The molecule has 0 bridgehead atoms. The number of carbonyl (C=O) groups excluding carboxylic acids is 1. The lowest BCUT2D eigenvalue weighted by Crippen LogP contribution is -2.36. The van der Waals surface area contributed by atoms with Crippen molar-refractivity contribution in [3.05, 3.63) is 11.4 Å². The fraction of sp³-hybridized carbons (Fsp3) is 0.667. The van der Waals surface area contributed by atoms with E-state index < -0.39 is 10.0 Å². The maximum absolute atomic E-state index is 12.5. The standard InChI is InChI=1S/C12H20N4O3S/c1-3-8-6-5-7-16(8)12(17)10-11(20(13,18)19)9(4-2)14-15-10/h8H,3-7H2,1-2H3,(H,14,15)(H2,13,18,19). The molecule has 1 aromatic rings. The Morgan fingerprint density at radius 2 is 2.20 bits per heavy atom. The molecule has 7 nitrogen and oxygen atoms in total. The maximum Gasteiger partial charge on any atom is 0.276 e. The second-order valence-corrected chi connectivity index (χ2v) is 6.48. The number of nitrogens with one attached hydrogen (secondary N) is 1. The molecular weight excluding hydrogens is 280 g/mol. The average molecular weight is 300 g/mol. The first-order chi connectivity index (χ1) is 9.40. The molecule has 2 heterocycles. The van der Waals surface area contributed by atoms with Crippen LogP contribution in [0.15, 0.2) is 4.90 Å². The van der Waals surface area contributed by atoms with Gasteiger partial charge in [0.1, 0.15) is 4.90 Å². The molecule has 0 spiro atoms. The molecule has 1 aliphatic heterocycles. The zero-order valence-electron chi connectivity index (χ0n) is 11.7. The Hall–Kier alpha value is -1.41. The molecule has 1 atom stereocenters. The van der Waals surface area contributed by atoms with E-state index in [9.17, 15) is 13.2 Å². The van der Waals surface area contributed by atoms with Crippen molar-refractivity contribution >= 4 is 15.9 Å². The van der Waals surface area contributed by atoms with Crippen molar-refractivity contribution in [2.24, 2.45) is 5.14 Å². The van der Waals surface area contributed by atoms with Gasteiger partial charge in [0.2, 0.25) is 10.0 Å². The Labute approximate surface area is 118 Å². The van der Waals surface area contributed by atoms with Gasteiger partial charge in [-0.2, -0.15) is 5.10 Å². The van der Waals surface area contributed by atoms with Crippen molar-refractivity contribution in [3.8, 4) is 0 Å². The number of hydrogen-bond donors (Lipinski definition) is 2. The number of amides is 1. The number of carbonyl (C=O) groups is 1. The summed E-state index contributed by atoms with van der Waals surface area (Å²) in [6.45, 7) is 4.43. The molecule has 2 rings (SSSR count). The van der Waals surface area contributed by atoms with Gasteiger partial charge in [0.05, 0.1) is 5.69 Å². The van der Waals surface area contributed by atoms with Crippen LogP contribution in [0.25, 0.3) is 0 Å². The van der Waals surface area contributed by atoms with E-state index in [0.717, 1.165) is 19.3 Å². The molecule has 1 unspecified atom stereocenters. The molecule has 1 saturated heterocycles. The van der Waals surface area contributed by atoms with Gasteiger partial charge < -0.3 is 4.90 Å². The Balaban J connectivity index is 2.43. The Morgan fingerprint density at radius 3 is 2.75 bits per heavy atom. The molecule has 1 fully saturated rings. The van der Waals surface area contributed by atoms with Gasteiger partial charge in [-0.1, -0.05) is 13.8 Å². The van der Waals surface area contributed by atoms with Crippen LogP contribution in [0, 0.1) is 0 Å². The van der Waals surface area contributed by atoms with Crippen LogP contribution < -0.4 is 5.14 Å². The van der Waals surface area contributed by atoms with Crippen LogP contribution >= 0.6 is 0 Å². The smallest absolute Gasteiger partial charge is 0.276 e. The third-order valence-electron chi connectivity index (χ3n) is 3.74. The largest absolute Gasteiger partial charge is 0.334 e. The van der Waals surface area contributed by atoms with E-state index in [0.29, 0.717) is 18.7 Å². The summed E-state index contributed by atoms with van der Waals surface area (Å²) in [4.78, 5) is 14.1. The van der Waals surface area contributed by atoms with Crippen LogP contribution in [-0.4, -0.2) is 42.0 Å². The van der Waals surface area contributed by atoms with E-state index in [1.54, 1.807) is 11.8 Å². The fourth-order valence-corrected chi connectivity index (χ4v) is 3.66. The van der Waals surface area contributed by atoms with Gasteiger partial charge in [0, 0.05) is 12.6 Å². The number of aryl methyl sites for hydroxylation is 1. The van der Waals surface area contributed by atoms with E-state index in [4.69, 9.17) is 5.14 Å². The Kier molecular flexibility index (Phi) is 4.14. The number of aromatic amines is 1. The summed E-state index contributed by atoms with van der Waals surface area (Å²) in [7, 11) is -3.97. The monoisotopic (exact) mass is 300 g/mol. The fourth-order valence-electron chi connectivity index (χ4n) is 2.72. The number of H-pyrrole nitrogens is 1. The summed E-state index contributed by atoms with van der Waals surface area (Å²) in [6, 6.07) is 0.151. The first-order valence-corrected chi connectivity index (χ1v) is 8.35. The highest BCUT2D eigenvalue weighted by atomic mass is 32.2. The minimum absolute atomic E-state index is 0.0790. The Bertz CT molecular complexity index is 608. The summed E-state index contributed by atoms with van der Waals surface area (Å²) in [6.07, 6.45) is 3.14. The van der Waals surface area contributed by atoms with Crippen LogP contribution in [0.4, 0.5) is 0 Å². The number of nitrogens with two attached hydrogens (primary N) is 1. The molecule has 112 valence electrons. The quantitative estimate of drug-likeness (QED) is 0.850. The van der Waals surface area contributed by atoms with Crippen LogP contribution in [-0.2, 0) is 16.4 Å². The second-order valence-electron chi connectivity index (χ2n) is 4.98. The topological polar surface area (TPSA) is 109 Å². The lowest BCUT2D eigenvalue weighted by molar-refractivity contribution is 0.0723. The summed E-state index contributed by atoms with van der Waals surface area (Å²) >= 11 is 0. The number of primary sulfonamides is 1. The van der Waals surface area contributed by atoms with Gasteiger partial charge in [-0.15, -0.1) is 0 Å². The highest BCUT2D eigenvalue weighted by molar-refractivity contribution is 7.89. The molecule has 0 radical (unpaired) electrons. The number of likely N-dealkylation sites (tertiary alicyclic amines) is 1. The molecule has 1 amide bonds. The van der Waals surface area contributed by atoms with Crippen molar-refractivity contribution in [2.75, 3.05) is 6.54 Å². The molecule has 20 heavy (non-hydrogen) atoms. The number of aromatic nitrogens is 2. The van der Waals surface area contributed by atoms with Crippen molar-refractivity contribution in [1.82, 2.24) is 15.1 Å². The number of hydrogen-bond acceptors (Lipinski definition) is 4. The molecule has 0 aromatic carbocycles. The van der Waals surface area contributed by atoms with Gasteiger partial charge >= 0.3 is 0 Å². The third kappa shape index (κ3) is 2.57. The lowest BCUT2D eigenvalue weighted by atomic mass is 10.1. The summed E-state index contributed by atoms with van der Waals surface area (Å²) in [5, 5.41) is 11.7. The van der Waals surface area contributed by atoms with Crippen LogP contribution in [0.3, 0.4) is 0 Å². The van der Waals surface area contributed by atoms with E-state index in [1.165, 1.54) is 0 Å². The number of rotatable bonds is 4. The van der Waals surface area contributed by atoms with Gasteiger partial charge in [0.15, 0.2) is 5.69 Å². The average Bonchev–Trinajstić information content (AvgIpc) is 3.03. The highest BCUT2D eigenvalue weighted by Gasteiger charge is 2.34. The molecule has 0 saturated carbocycles. The minimum atomic E-state index is -3.97. The normalized spacial score (nSPS) is 19.6. The van der Waals surface area contributed by atoms with Crippen LogP contribution in [0.1, 0.15) is 49.3 Å². The van der Waals surface area contributed by atoms with Gasteiger partial charge in [-0.05, 0) is 25.7 Å². The Morgan fingerprint density at radius 1 is 1.50 bits per heavy atom. The second kappa shape index (κ2) is 5.53. The van der Waals surface area contributed by atoms with Crippen molar-refractivity contribution in [3.63, 3.8) is 0 Å². The SMILES string of the molecule is CCc1[nH]nc(C(=O)N2CCCC2CC)c1S(N)(=O)=O. The lowest BCUT2D eigenvalue weighted by Gasteiger charge is -2.22. The van der Waals surface area contributed by atoms with Crippen molar-refractivity contribution in [1.29, 1.82) is 0 Å². The van der Waals surface area contributed by atoms with E-state index in [1.807, 2.05) is 6.92 Å². The van der Waals surface area contributed by atoms with Crippen molar-refractivity contribution in [2.45, 2.75) is 50.5 Å². The predicted octanol–water partition coefficient (Wildman–Crippen LogP) is 0.634.